The molecule has 0 aliphatic heterocycles. The summed E-state index contributed by atoms with van der Waals surface area (Å²) in [6.45, 7) is 0. The first kappa shape index (κ1) is 10.9. The molecule has 0 aliphatic rings. The van der Waals surface area contributed by atoms with Crippen molar-refractivity contribution >= 4 is 17.5 Å². The van der Waals surface area contributed by atoms with Crippen LogP contribution in [0.15, 0.2) is 24.3 Å². The van der Waals surface area contributed by atoms with Crippen LogP contribution in [-0.2, 0) is 11.2 Å². The van der Waals surface area contributed by atoms with Crippen molar-refractivity contribution in [3.63, 3.8) is 0 Å². The minimum Gasteiger partial charge on any atom is -0.364 e. The highest BCUT2D eigenvalue weighted by molar-refractivity contribution is 6.30. The molecule has 5 heteroatoms. The van der Waals surface area contributed by atoms with Gasteiger partial charge in [0.05, 0.1) is 0 Å². The van der Waals surface area contributed by atoms with Crippen LogP contribution in [0, 0.1) is 0 Å². The van der Waals surface area contributed by atoms with E-state index in [2.05, 4.69) is 5.73 Å². The van der Waals surface area contributed by atoms with Crippen LogP contribution in [0.5, 0.6) is 0 Å². The van der Waals surface area contributed by atoms with E-state index in [4.69, 9.17) is 11.6 Å². The van der Waals surface area contributed by atoms with Gasteiger partial charge in [-0.3, -0.25) is 4.79 Å². The molecule has 76 valence electrons. The number of hydrogen-bond donors (Lipinski definition) is 1. The third-order valence-corrected chi connectivity index (χ3v) is 1.91. The van der Waals surface area contributed by atoms with Crippen molar-refractivity contribution in [2.24, 2.45) is 5.73 Å². The Bertz CT molecular complexity index is 354. The Labute approximate surface area is 84.7 Å². The molecular weight excluding hydrogens is 212 g/mol. The Morgan fingerprint density at radius 2 is 2.14 bits per heavy atom. The highest BCUT2D eigenvalue weighted by Gasteiger charge is 2.36. The predicted octanol–water partition coefficient (Wildman–Crippen LogP) is 2.00. The van der Waals surface area contributed by atoms with Gasteiger partial charge in [-0.2, -0.15) is 8.78 Å². The molecule has 0 bridgehead atoms. The van der Waals surface area contributed by atoms with Gasteiger partial charge in [0, 0.05) is 11.4 Å². The van der Waals surface area contributed by atoms with E-state index in [-0.39, 0.29) is 5.56 Å². The molecule has 0 aliphatic carbocycles. The van der Waals surface area contributed by atoms with E-state index >= 15 is 0 Å². The van der Waals surface area contributed by atoms with Crippen LogP contribution in [0.1, 0.15) is 5.56 Å². The lowest BCUT2D eigenvalue weighted by atomic mass is 10.1. The lowest BCUT2D eigenvalue weighted by molar-refractivity contribution is -0.141. The summed E-state index contributed by atoms with van der Waals surface area (Å²) in [7, 11) is 0. The molecule has 14 heavy (non-hydrogen) atoms. The van der Waals surface area contributed by atoms with Crippen LogP contribution in [0.4, 0.5) is 8.78 Å². The maximum absolute atomic E-state index is 12.8. The molecule has 0 spiro atoms. The summed E-state index contributed by atoms with van der Waals surface area (Å²) in [6, 6.07) is 5.93. The summed E-state index contributed by atoms with van der Waals surface area (Å²) in [5.74, 6) is -5.15. The van der Waals surface area contributed by atoms with Crippen LogP contribution in [0.25, 0.3) is 0 Å². The van der Waals surface area contributed by atoms with Gasteiger partial charge in [-0.25, -0.2) is 0 Å². The lowest BCUT2D eigenvalue weighted by Gasteiger charge is -2.11. The second kappa shape index (κ2) is 3.92. The summed E-state index contributed by atoms with van der Waals surface area (Å²) >= 11 is 5.59. The molecule has 0 saturated carbocycles. The molecule has 1 rings (SSSR count). The summed E-state index contributed by atoms with van der Waals surface area (Å²) in [6.07, 6.45) is -0.719. The van der Waals surface area contributed by atoms with Crippen molar-refractivity contribution in [1.29, 1.82) is 0 Å². The van der Waals surface area contributed by atoms with Gasteiger partial charge < -0.3 is 5.73 Å². The van der Waals surface area contributed by atoms with Crippen molar-refractivity contribution in [3.8, 4) is 0 Å². The van der Waals surface area contributed by atoms with Crippen molar-refractivity contribution in [3.05, 3.63) is 34.9 Å². The van der Waals surface area contributed by atoms with Crippen molar-refractivity contribution in [2.45, 2.75) is 12.3 Å². The third kappa shape index (κ3) is 2.67. The minimum absolute atomic E-state index is 0.279. The molecular formula is C9H8ClF2NO. The first-order chi connectivity index (χ1) is 6.42. The number of rotatable bonds is 3. The number of hydrogen-bond acceptors (Lipinski definition) is 1. The highest BCUT2D eigenvalue weighted by Crippen LogP contribution is 2.21. The number of benzene rings is 1. The highest BCUT2D eigenvalue weighted by atomic mass is 35.5. The topological polar surface area (TPSA) is 43.1 Å². The standard InChI is InChI=1S/C9H8ClF2NO/c10-7-3-1-2-6(4-7)5-9(11,12)8(13)14/h1-4H,5H2,(H2,13,14). The van der Waals surface area contributed by atoms with E-state index < -0.39 is 18.3 Å². The van der Waals surface area contributed by atoms with Crippen LogP contribution in [0.3, 0.4) is 0 Å². The minimum atomic E-state index is -3.52. The second-order valence-corrected chi connectivity index (χ2v) is 3.31. The smallest absolute Gasteiger partial charge is 0.328 e. The fraction of sp³-hybridized carbons (Fsp3) is 0.222. The molecule has 0 atom stereocenters. The number of carbonyl (C=O) groups is 1. The zero-order chi connectivity index (χ0) is 10.8. The molecule has 0 unspecified atom stereocenters. The lowest BCUT2D eigenvalue weighted by Crippen LogP contribution is -2.37. The average molecular weight is 220 g/mol. The van der Waals surface area contributed by atoms with E-state index in [1.165, 1.54) is 18.2 Å². The first-order valence-corrected chi connectivity index (χ1v) is 4.22. The Hall–Kier alpha value is -1.16. The zero-order valence-corrected chi connectivity index (χ0v) is 7.89. The average Bonchev–Trinajstić information content (AvgIpc) is 2.02. The van der Waals surface area contributed by atoms with Gasteiger partial charge >= 0.3 is 5.92 Å². The van der Waals surface area contributed by atoms with Crippen molar-refractivity contribution in [1.82, 2.24) is 0 Å². The van der Waals surface area contributed by atoms with Gasteiger partial charge in [0.1, 0.15) is 0 Å². The fourth-order valence-electron chi connectivity index (χ4n) is 0.990. The number of amides is 1. The normalized spacial score (nSPS) is 11.4. The first-order valence-electron chi connectivity index (χ1n) is 3.84. The number of primary amides is 1. The van der Waals surface area contributed by atoms with E-state index in [0.717, 1.165) is 0 Å². The Morgan fingerprint density at radius 1 is 1.50 bits per heavy atom. The Balaban J connectivity index is 2.83. The molecule has 0 saturated heterocycles. The van der Waals surface area contributed by atoms with E-state index in [9.17, 15) is 13.6 Å². The number of carbonyl (C=O) groups excluding carboxylic acids is 1. The largest absolute Gasteiger partial charge is 0.364 e. The zero-order valence-electron chi connectivity index (χ0n) is 7.14. The van der Waals surface area contributed by atoms with Gasteiger partial charge in [-0.15, -0.1) is 0 Å². The van der Waals surface area contributed by atoms with Crippen LogP contribution in [0.2, 0.25) is 5.02 Å². The van der Waals surface area contributed by atoms with E-state index in [1.807, 2.05) is 0 Å². The Morgan fingerprint density at radius 3 is 2.64 bits per heavy atom. The second-order valence-electron chi connectivity index (χ2n) is 2.88. The maximum Gasteiger partial charge on any atom is 0.328 e. The van der Waals surface area contributed by atoms with Crippen LogP contribution in [-0.4, -0.2) is 11.8 Å². The van der Waals surface area contributed by atoms with Gasteiger partial charge in [-0.1, -0.05) is 23.7 Å². The van der Waals surface area contributed by atoms with Gasteiger partial charge in [0.25, 0.3) is 5.91 Å². The Kier molecular flexibility index (Phi) is 3.06. The van der Waals surface area contributed by atoms with Gasteiger partial charge in [-0.05, 0) is 17.7 Å². The SMILES string of the molecule is NC(=O)C(F)(F)Cc1cccc(Cl)c1. The molecule has 0 radical (unpaired) electrons. The fourth-order valence-corrected chi connectivity index (χ4v) is 1.20. The molecule has 2 N–H and O–H groups in total. The number of halogens is 3. The molecule has 0 aromatic heterocycles. The van der Waals surface area contributed by atoms with Gasteiger partial charge in [0.2, 0.25) is 0 Å². The monoisotopic (exact) mass is 219 g/mol. The summed E-state index contributed by atoms with van der Waals surface area (Å²) in [5, 5.41) is 0.350. The number of alkyl halides is 2. The molecule has 1 amide bonds. The van der Waals surface area contributed by atoms with E-state index in [0.29, 0.717) is 5.02 Å². The van der Waals surface area contributed by atoms with Crippen molar-refractivity contribution in [2.75, 3.05) is 0 Å². The molecule has 0 heterocycles. The third-order valence-electron chi connectivity index (χ3n) is 1.68. The summed E-state index contributed by atoms with van der Waals surface area (Å²) in [4.78, 5) is 10.3. The van der Waals surface area contributed by atoms with Gasteiger partial charge in [0.15, 0.2) is 0 Å². The molecule has 0 fully saturated rings. The van der Waals surface area contributed by atoms with Crippen molar-refractivity contribution < 1.29 is 13.6 Å². The van der Waals surface area contributed by atoms with Crippen LogP contribution < -0.4 is 5.73 Å². The molecule has 1 aromatic carbocycles. The maximum atomic E-state index is 12.8. The van der Waals surface area contributed by atoms with Crippen LogP contribution >= 0.6 is 11.6 Å². The summed E-state index contributed by atoms with van der Waals surface area (Å²) in [5.41, 5.74) is 4.81. The molecule has 1 aromatic rings. The molecule has 2 nitrogen and oxygen atoms in total. The quantitative estimate of drug-likeness (QED) is 0.830. The summed E-state index contributed by atoms with van der Waals surface area (Å²) < 4.78 is 25.7. The number of nitrogens with two attached hydrogens (primary N) is 1. The van der Waals surface area contributed by atoms with E-state index in [1.54, 1.807) is 6.07 Å². The predicted molar refractivity (Wildman–Crippen MR) is 49.3 cm³/mol.